The lowest BCUT2D eigenvalue weighted by Crippen LogP contribution is -2.27. The van der Waals surface area contributed by atoms with E-state index >= 15 is 0 Å². The monoisotopic (exact) mass is 437 g/mol. The van der Waals surface area contributed by atoms with Gasteiger partial charge >= 0.3 is 0 Å². The van der Waals surface area contributed by atoms with Gasteiger partial charge in [-0.3, -0.25) is 0 Å². The highest BCUT2D eigenvalue weighted by Crippen LogP contribution is 2.13. The number of nitrogens with zero attached hydrogens (tertiary/aromatic N) is 1. The van der Waals surface area contributed by atoms with Gasteiger partial charge in [0, 0.05) is 27.6 Å². The van der Waals surface area contributed by atoms with E-state index in [9.17, 15) is 0 Å². The van der Waals surface area contributed by atoms with Crippen LogP contribution in [0, 0.1) is 0 Å². The van der Waals surface area contributed by atoms with Gasteiger partial charge in [-0.25, -0.2) is 0 Å². The van der Waals surface area contributed by atoms with E-state index in [1.807, 2.05) is 0 Å². The Bertz CT molecular complexity index is 225. The molecule has 0 amide bonds. The van der Waals surface area contributed by atoms with E-state index < -0.39 is 0 Å². The summed E-state index contributed by atoms with van der Waals surface area (Å²) in [6.07, 6.45) is 0. The number of hydrogen-bond acceptors (Lipinski definition) is 1. The molecule has 0 spiro atoms. The Morgan fingerprint density at radius 2 is 1.43 bits per heavy atom. The van der Waals surface area contributed by atoms with Gasteiger partial charge in [0.15, 0.2) is 0 Å². The standard InChI is InChI=1S/C10H13I2N.ClH/c11-6-8-13(9-7-12)10-4-2-1-3-5-10;/h1-5H,6-9H2;1H. The first-order chi connectivity index (χ1) is 6.38. The molecular formula is C10H14ClI2N. The Morgan fingerprint density at radius 3 is 1.86 bits per heavy atom. The SMILES string of the molecule is Cl.ICCN(CCI)c1ccccc1. The minimum atomic E-state index is 0. The fourth-order valence-corrected chi connectivity index (χ4v) is 2.38. The molecule has 1 aromatic carbocycles. The molecule has 0 heterocycles. The number of para-hydroxylation sites is 1. The summed E-state index contributed by atoms with van der Waals surface area (Å²) < 4.78 is 2.37. The Labute approximate surface area is 119 Å². The van der Waals surface area contributed by atoms with Gasteiger partial charge in [-0.15, -0.1) is 12.4 Å². The minimum absolute atomic E-state index is 0. The zero-order valence-electron chi connectivity index (χ0n) is 7.83. The Morgan fingerprint density at radius 1 is 0.929 bits per heavy atom. The quantitative estimate of drug-likeness (QED) is 0.501. The van der Waals surface area contributed by atoms with Crippen LogP contribution in [0.4, 0.5) is 5.69 Å². The lowest BCUT2D eigenvalue weighted by atomic mass is 10.3. The molecule has 80 valence electrons. The van der Waals surface area contributed by atoms with Gasteiger partial charge in [0.25, 0.3) is 0 Å². The van der Waals surface area contributed by atoms with Crippen molar-refractivity contribution in [1.29, 1.82) is 0 Å². The zero-order chi connectivity index (χ0) is 9.52. The van der Waals surface area contributed by atoms with E-state index in [1.54, 1.807) is 0 Å². The number of alkyl halides is 2. The molecule has 0 radical (unpaired) electrons. The summed E-state index contributed by atoms with van der Waals surface area (Å²) >= 11 is 4.85. The van der Waals surface area contributed by atoms with Gasteiger partial charge in [-0.1, -0.05) is 63.4 Å². The highest BCUT2D eigenvalue weighted by molar-refractivity contribution is 14.1. The largest absolute Gasteiger partial charge is 0.370 e. The molecule has 4 heteroatoms. The highest BCUT2D eigenvalue weighted by Gasteiger charge is 2.02. The van der Waals surface area contributed by atoms with Crippen LogP contribution in [0.25, 0.3) is 0 Å². The van der Waals surface area contributed by atoms with Crippen molar-refractivity contribution < 1.29 is 0 Å². The van der Waals surface area contributed by atoms with Crippen molar-refractivity contribution in [3.63, 3.8) is 0 Å². The molecule has 0 saturated carbocycles. The van der Waals surface area contributed by atoms with Gasteiger partial charge < -0.3 is 4.90 Å². The molecule has 0 unspecified atom stereocenters. The maximum atomic E-state index is 2.43. The van der Waals surface area contributed by atoms with Crippen molar-refractivity contribution in [1.82, 2.24) is 0 Å². The lowest BCUT2D eigenvalue weighted by molar-refractivity contribution is 0.892. The average molecular weight is 437 g/mol. The third-order valence-electron chi connectivity index (χ3n) is 1.83. The van der Waals surface area contributed by atoms with Crippen LogP contribution < -0.4 is 4.90 Å². The summed E-state index contributed by atoms with van der Waals surface area (Å²) in [4.78, 5) is 2.43. The molecule has 0 saturated heterocycles. The molecule has 14 heavy (non-hydrogen) atoms. The molecule has 0 fully saturated rings. The maximum absolute atomic E-state index is 2.43. The van der Waals surface area contributed by atoms with Crippen LogP contribution in [0.5, 0.6) is 0 Å². The molecule has 0 bridgehead atoms. The van der Waals surface area contributed by atoms with Crippen LogP contribution in [0.15, 0.2) is 30.3 Å². The van der Waals surface area contributed by atoms with E-state index in [0.717, 1.165) is 13.1 Å². The third-order valence-corrected chi connectivity index (χ3v) is 2.80. The molecule has 0 aromatic heterocycles. The van der Waals surface area contributed by atoms with E-state index in [1.165, 1.54) is 14.5 Å². The molecule has 0 aliphatic heterocycles. The minimum Gasteiger partial charge on any atom is -0.370 e. The molecule has 1 rings (SSSR count). The van der Waals surface area contributed by atoms with Crippen LogP contribution in [-0.4, -0.2) is 21.9 Å². The molecular weight excluding hydrogens is 423 g/mol. The van der Waals surface area contributed by atoms with E-state index in [4.69, 9.17) is 0 Å². The summed E-state index contributed by atoms with van der Waals surface area (Å²) in [6, 6.07) is 10.6. The first-order valence-corrected chi connectivity index (χ1v) is 7.35. The molecule has 0 atom stereocenters. The van der Waals surface area contributed by atoms with Crippen molar-refractivity contribution in [3.05, 3.63) is 30.3 Å². The lowest BCUT2D eigenvalue weighted by Gasteiger charge is -2.22. The van der Waals surface area contributed by atoms with Crippen LogP contribution >= 0.6 is 57.6 Å². The summed E-state index contributed by atoms with van der Waals surface area (Å²) in [7, 11) is 0. The average Bonchev–Trinajstić information content (AvgIpc) is 2.19. The van der Waals surface area contributed by atoms with Crippen LogP contribution in [0.2, 0.25) is 0 Å². The topological polar surface area (TPSA) is 3.24 Å². The summed E-state index contributed by atoms with van der Waals surface area (Å²) in [5.41, 5.74) is 1.34. The van der Waals surface area contributed by atoms with Crippen LogP contribution in [0.3, 0.4) is 0 Å². The maximum Gasteiger partial charge on any atom is 0.0366 e. The zero-order valence-corrected chi connectivity index (χ0v) is 13.0. The van der Waals surface area contributed by atoms with Crippen molar-refractivity contribution in [2.75, 3.05) is 26.8 Å². The molecule has 1 aromatic rings. The van der Waals surface area contributed by atoms with Crippen molar-refractivity contribution in [2.24, 2.45) is 0 Å². The normalized spacial score (nSPS) is 9.29. The van der Waals surface area contributed by atoms with Crippen molar-refractivity contribution in [3.8, 4) is 0 Å². The van der Waals surface area contributed by atoms with E-state index in [2.05, 4.69) is 80.4 Å². The van der Waals surface area contributed by atoms with Gasteiger partial charge in [0.1, 0.15) is 0 Å². The van der Waals surface area contributed by atoms with E-state index in [0.29, 0.717) is 0 Å². The molecule has 0 aliphatic carbocycles. The number of halogens is 3. The smallest absolute Gasteiger partial charge is 0.0366 e. The predicted octanol–water partition coefficient (Wildman–Crippen LogP) is 3.78. The molecule has 0 aliphatic rings. The highest BCUT2D eigenvalue weighted by atomic mass is 127. The number of benzene rings is 1. The fraction of sp³-hybridized carbons (Fsp3) is 0.400. The summed E-state index contributed by atoms with van der Waals surface area (Å²) in [6.45, 7) is 2.29. The number of anilines is 1. The van der Waals surface area contributed by atoms with Gasteiger partial charge in [-0.2, -0.15) is 0 Å². The molecule has 0 N–H and O–H groups in total. The van der Waals surface area contributed by atoms with Gasteiger partial charge in [0.2, 0.25) is 0 Å². The van der Waals surface area contributed by atoms with Gasteiger partial charge in [-0.05, 0) is 12.1 Å². The first kappa shape index (κ1) is 14.8. The van der Waals surface area contributed by atoms with Crippen LogP contribution in [-0.2, 0) is 0 Å². The Hall–Kier alpha value is 0.770. The molecule has 1 nitrogen and oxygen atoms in total. The van der Waals surface area contributed by atoms with E-state index in [-0.39, 0.29) is 12.4 Å². The second-order valence-corrected chi connectivity index (χ2v) is 4.86. The number of rotatable bonds is 5. The van der Waals surface area contributed by atoms with Gasteiger partial charge in [0.05, 0.1) is 0 Å². The Balaban J connectivity index is 0.00000169. The number of hydrogen-bond donors (Lipinski definition) is 0. The second-order valence-electron chi connectivity index (χ2n) is 2.70. The summed E-state index contributed by atoms with van der Waals surface area (Å²) in [5, 5.41) is 0. The van der Waals surface area contributed by atoms with Crippen molar-refractivity contribution in [2.45, 2.75) is 0 Å². The van der Waals surface area contributed by atoms with Crippen LogP contribution in [0.1, 0.15) is 0 Å². The first-order valence-electron chi connectivity index (χ1n) is 4.30. The Kier molecular flexibility index (Phi) is 9.53. The van der Waals surface area contributed by atoms with Crippen molar-refractivity contribution >= 4 is 63.3 Å². The summed E-state index contributed by atoms with van der Waals surface area (Å²) in [5.74, 6) is 0. The fourth-order valence-electron chi connectivity index (χ4n) is 1.21. The predicted molar refractivity (Wildman–Crippen MR) is 83.7 cm³/mol. The third kappa shape index (κ3) is 5.02. The second kappa shape index (κ2) is 9.03.